The van der Waals surface area contributed by atoms with Gasteiger partial charge in [-0.2, -0.15) is 0 Å². The van der Waals surface area contributed by atoms with E-state index < -0.39 is 0 Å². The number of rotatable bonds is 5. The highest BCUT2D eigenvalue weighted by Gasteiger charge is 2.22. The molecule has 2 aliphatic heterocycles. The summed E-state index contributed by atoms with van der Waals surface area (Å²) in [5, 5.41) is 5.83. The minimum atomic E-state index is -0.302. The van der Waals surface area contributed by atoms with E-state index in [-0.39, 0.29) is 18.6 Å². The number of hydrogen-bond acceptors (Lipinski definition) is 4. The molecule has 2 aromatic carbocycles. The van der Waals surface area contributed by atoms with Crippen molar-refractivity contribution in [1.29, 1.82) is 0 Å². The summed E-state index contributed by atoms with van der Waals surface area (Å²) in [5.41, 5.74) is 3.38. The van der Waals surface area contributed by atoms with E-state index in [4.69, 9.17) is 4.74 Å². The Morgan fingerprint density at radius 2 is 2.04 bits per heavy atom. The third-order valence-corrected chi connectivity index (χ3v) is 5.35. The van der Waals surface area contributed by atoms with Crippen molar-refractivity contribution in [2.24, 2.45) is 5.92 Å². The number of benzene rings is 2. The highest BCUT2D eigenvalue weighted by atomic mass is 16.5. The van der Waals surface area contributed by atoms with E-state index in [0.29, 0.717) is 23.7 Å². The van der Waals surface area contributed by atoms with Crippen LogP contribution in [0.5, 0.6) is 0 Å². The molecule has 4 rings (SSSR count). The Morgan fingerprint density at radius 1 is 1.18 bits per heavy atom. The first-order valence-electron chi connectivity index (χ1n) is 9.78. The zero-order valence-electron chi connectivity index (χ0n) is 15.8. The predicted molar refractivity (Wildman–Crippen MR) is 107 cm³/mol. The number of urea groups is 1. The fraction of sp³-hybridized carbons (Fsp3) is 0.364. The van der Waals surface area contributed by atoms with Crippen molar-refractivity contribution in [2.45, 2.75) is 26.0 Å². The van der Waals surface area contributed by atoms with Gasteiger partial charge in [0, 0.05) is 30.9 Å². The van der Waals surface area contributed by atoms with Gasteiger partial charge in [0.15, 0.2) is 0 Å². The lowest BCUT2D eigenvalue weighted by Crippen LogP contribution is -2.41. The van der Waals surface area contributed by atoms with Gasteiger partial charge in [0.25, 0.3) is 0 Å². The topological polar surface area (TPSA) is 70.7 Å². The second kappa shape index (κ2) is 8.44. The molecule has 0 aliphatic carbocycles. The van der Waals surface area contributed by atoms with E-state index in [0.717, 1.165) is 38.0 Å². The molecular weight excluding hydrogens is 354 g/mol. The van der Waals surface area contributed by atoms with Crippen molar-refractivity contribution < 1.29 is 14.3 Å². The van der Waals surface area contributed by atoms with Crippen LogP contribution in [0.15, 0.2) is 48.5 Å². The molecule has 0 aromatic heterocycles. The van der Waals surface area contributed by atoms with Gasteiger partial charge in [-0.1, -0.05) is 30.3 Å². The quantitative estimate of drug-likeness (QED) is 0.782. The Hall–Kier alpha value is -2.86. The number of carbonyl (C=O) groups excluding carboxylic acids is 2. The van der Waals surface area contributed by atoms with Crippen molar-refractivity contribution in [3.63, 3.8) is 0 Å². The normalized spacial score (nSPS) is 19.0. The van der Waals surface area contributed by atoms with Crippen LogP contribution in [0, 0.1) is 5.92 Å². The van der Waals surface area contributed by atoms with Crippen LogP contribution in [0.1, 0.15) is 34.3 Å². The molecule has 1 fully saturated rings. The number of fused-ring (bicyclic) bond motifs is 1. The standard InChI is InChI=1S/C22H25N3O3/c26-21-20-9-8-19(11-18(20)15-28-21)24-22(27)23-12-17-7-4-10-25(14-17)13-16-5-2-1-3-6-16/h1-3,5-6,8-9,11,17H,4,7,10,12-15H2,(H2,23,24,27). The molecular formula is C22H25N3O3. The van der Waals surface area contributed by atoms with Crippen LogP contribution in [0.25, 0.3) is 0 Å². The zero-order chi connectivity index (χ0) is 19.3. The van der Waals surface area contributed by atoms with Gasteiger partial charge in [-0.05, 0) is 49.1 Å². The van der Waals surface area contributed by atoms with E-state index >= 15 is 0 Å². The lowest BCUT2D eigenvalue weighted by molar-refractivity contribution is 0.0535. The lowest BCUT2D eigenvalue weighted by Gasteiger charge is -2.32. The summed E-state index contributed by atoms with van der Waals surface area (Å²) in [6.07, 6.45) is 2.28. The van der Waals surface area contributed by atoms with Crippen LogP contribution in [0.2, 0.25) is 0 Å². The monoisotopic (exact) mass is 379 g/mol. The molecule has 2 amide bonds. The summed E-state index contributed by atoms with van der Waals surface area (Å²) in [4.78, 5) is 26.2. The van der Waals surface area contributed by atoms with Crippen molar-refractivity contribution in [3.8, 4) is 0 Å². The van der Waals surface area contributed by atoms with Crippen molar-refractivity contribution >= 4 is 17.7 Å². The Bertz CT molecular complexity index is 853. The number of hydrogen-bond donors (Lipinski definition) is 2. The Balaban J connectivity index is 1.25. The van der Waals surface area contributed by atoms with Crippen LogP contribution in [0.4, 0.5) is 10.5 Å². The summed E-state index contributed by atoms with van der Waals surface area (Å²) >= 11 is 0. The number of amides is 2. The Morgan fingerprint density at radius 3 is 2.89 bits per heavy atom. The molecule has 0 radical (unpaired) electrons. The summed E-state index contributed by atoms with van der Waals surface area (Å²) in [5.74, 6) is 0.151. The molecule has 2 aliphatic rings. The van der Waals surface area contributed by atoms with Gasteiger partial charge in [-0.15, -0.1) is 0 Å². The van der Waals surface area contributed by atoms with E-state index in [1.165, 1.54) is 5.56 Å². The van der Waals surface area contributed by atoms with E-state index in [9.17, 15) is 9.59 Å². The molecule has 28 heavy (non-hydrogen) atoms. The van der Waals surface area contributed by atoms with Gasteiger partial charge >= 0.3 is 12.0 Å². The average molecular weight is 379 g/mol. The summed E-state index contributed by atoms with van der Waals surface area (Å²) in [6, 6.07) is 15.5. The number of likely N-dealkylation sites (tertiary alicyclic amines) is 1. The zero-order valence-corrected chi connectivity index (χ0v) is 15.8. The van der Waals surface area contributed by atoms with Crippen LogP contribution in [-0.2, 0) is 17.9 Å². The number of nitrogens with zero attached hydrogens (tertiary/aromatic N) is 1. The Labute approximate surface area is 164 Å². The van der Waals surface area contributed by atoms with Crippen LogP contribution >= 0.6 is 0 Å². The number of ether oxygens (including phenoxy) is 1. The molecule has 1 saturated heterocycles. The largest absolute Gasteiger partial charge is 0.457 e. The van der Waals surface area contributed by atoms with Crippen LogP contribution in [0.3, 0.4) is 0 Å². The molecule has 0 spiro atoms. The van der Waals surface area contributed by atoms with E-state index in [2.05, 4.69) is 39.8 Å². The number of piperidine rings is 1. The molecule has 6 heteroatoms. The van der Waals surface area contributed by atoms with Crippen molar-refractivity contribution in [1.82, 2.24) is 10.2 Å². The van der Waals surface area contributed by atoms with Crippen LogP contribution < -0.4 is 10.6 Å². The predicted octanol–water partition coefficient (Wildman–Crippen LogP) is 3.39. The minimum Gasteiger partial charge on any atom is -0.457 e. The van der Waals surface area contributed by atoms with Crippen LogP contribution in [-0.4, -0.2) is 36.5 Å². The summed E-state index contributed by atoms with van der Waals surface area (Å²) in [7, 11) is 0. The first-order valence-corrected chi connectivity index (χ1v) is 9.78. The van der Waals surface area contributed by atoms with E-state index in [1.54, 1.807) is 18.2 Å². The lowest BCUT2D eigenvalue weighted by atomic mass is 9.97. The van der Waals surface area contributed by atoms with E-state index in [1.807, 2.05) is 6.07 Å². The fourth-order valence-corrected chi connectivity index (χ4v) is 3.93. The van der Waals surface area contributed by atoms with Gasteiger partial charge < -0.3 is 15.4 Å². The van der Waals surface area contributed by atoms with Gasteiger partial charge in [-0.25, -0.2) is 9.59 Å². The maximum atomic E-state index is 12.3. The Kier molecular flexibility index (Phi) is 5.58. The number of anilines is 1. The summed E-state index contributed by atoms with van der Waals surface area (Å²) < 4.78 is 4.99. The van der Waals surface area contributed by atoms with Gasteiger partial charge in [-0.3, -0.25) is 4.90 Å². The first kappa shape index (κ1) is 18.5. The molecule has 2 N–H and O–H groups in total. The fourth-order valence-electron chi connectivity index (χ4n) is 3.93. The van der Waals surface area contributed by atoms with Gasteiger partial charge in [0.2, 0.25) is 0 Å². The molecule has 2 heterocycles. The first-order chi connectivity index (χ1) is 13.7. The highest BCUT2D eigenvalue weighted by molar-refractivity contribution is 5.95. The van der Waals surface area contributed by atoms with Crippen molar-refractivity contribution in [3.05, 3.63) is 65.2 Å². The number of esters is 1. The third-order valence-electron chi connectivity index (χ3n) is 5.35. The van der Waals surface area contributed by atoms with Gasteiger partial charge in [0.1, 0.15) is 6.61 Å². The highest BCUT2D eigenvalue weighted by Crippen LogP contribution is 2.23. The smallest absolute Gasteiger partial charge is 0.338 e. The number of cyclic esters (lactones) is 1. The summed E-state index contributed by atoms with van der Waals surface area (Å²) in [6.45, 7) is 3.98. The second-order valence-electron chi connectivity index (χ2n) is 7.51. The molecule has 1 unspecified atom stereocenters. The second-order valence-corrected chi connectivity index (χ2v) is 7.51. The molecule has 2 aromatic rings. The number of nitrogens with one attached hydrogen (secondary N) is 2. The third kappa shape index (κ3) is 4.51. The molecule has 6 nitrogen and oxygen atoms in total. The number of carbonyl (C=O) groups is 2. The molecule has 0 bridgehead atoms. The molecule has 0 saturated carbocycles. The minimum absolute atomic E-state index is 0.217. The average Bonchev–Trinajstić information content (AvgIpc) is 3.08. The maximum absolute atomic E-state index is 12.3. The van der Waals surface area contributed by atoms with Crippen molar-refractivity contribution in [2.75, 3.05) is 25.0 Å². The SMILES string of the molecule is O=C(NCC1CCCN(Cc2ccccc2)C1)Nc1ccc2c(c1)COC2=O. The van der Waals surface area contributed by atoms with Gasteiger partial charge in [0.05, 0.1) is 5.56 Å². The molecule has 146 valence electrons. The molecule has 1 atom stereocenters. The maximum Gasteiger partial charge on any atom is 0.338 e.